The summed E-state index contributed by atoms with van der Waals surface area (Å²) >= 11 is 1.24. The Bertz CT molecular complexity index is 664. The van der Waals surface area contributed by atoms with Crippen LogP contribution in [0.3, 0.4) is 0 Å². The van der Waals surface area contributed by atoms with E-state index in [1.165, 1.54) is 24.3 Å². The molecule has 2 N–H and O–H groups in total. The largest absolute Gasteiger partial charge is 0.433 e. The summed E-state index contributed by atoms with van der Waals surface area (Å²) in [5.74, 6) is -1.20. The molecule has 0 saturated heterocycles. The van der Waals surface area contributed by atoms with Gasteiger partial charge in [-0.15, -0.1) is 11.3 Å². The lowest BCUT2D eigenvalue weighted by molar-refractivity contribution is -0.114. The summed E-state index contributed by atoms with van der Waals surface area (Å²) in [6, 6.07) is 3.30. The lowest BCUT2D eigenvalue weighted by Crippen LogP contribution is -2.08. The van der Waals surface area contributed by atoms with Crippen LogP contribution in [-0.2, 0) is 11.3 Å². The monoisotopic (exact) mass is 331 g/mol. The van der Waals surface area contributed by atoms with E-state index in [0.717, 1.165) is 12.1 Å². The maximum atomic E-state index is 13.1. The summed E-state index contributed by atoms with van der Waals surface area (Å²) in [6.45, 7) is -1.47. The van der Waals surface area contributed by atoms with Crippen LogP contribution in [0.1, 0.15) is 12.6 Å². The number of nitrogens with zero attached hydrogens (tertiary/aromatic N) is 1. The van der Waals surface area contributed by atoms with Crippen molar-refractivity contribution in [3.63, 3.8) is 0 Å². The van der Waals surface area contributed by atoms with Gasteiger partial charge in [-0.1, -0.05) is 0 Å². The summed E-state index contributed by atoms with van der Waals surface area (Å²) in [6.07, 6.45) is 0. The van der Waals surface area contributed by atoms with E-state index in [4.69, 9.17) is 0 Å². The van der Waals surface area contributed by atoms with Gasteiger partial charge in [0.15, 0.2) is 10.9 Å². The highest BCUT2D eigenvalue weighted by Gasteiger charge is 2.11. The van der Waals surface area contributed by atoms with E-state index in [1.54, 1.807) is 5.38 Å². The number of rotatable bonds is 6. The van der Waals surface area contributed by atoms with Crippen molar-refractivity contribution in [2.75, 3.05) is 10.6 Å². The highest BCUT2D eigenvalue weighted by atomic mass is 32.1. The Kier molecular flexibility index (Phi) is 5.21. The number of aromatic nitrogens is 1. The smallest absolute Gasteiger partial charge is 0.387 e. The average Bonchev–Trinajstić information content (AvgIpc) is 2.84. The van der Waals surface area contributed by atoms with Gasteiger partial charge < -0.3 is 15.4 Å². The Labute approximate surface area is 128 Å². The van der Waals surface area contributed by atoms with E-state index in [9.17, 15) is 18.0 Å². The van der Waals surface area contributed by atoms with Gasteiger partial charge in [0.05, 0.1) is 17.9 Å². The average molecular weight is 331 g/mol. The van der Waals surface area contributed by atoms with E-state index in [-0.39, 0.29) is 23.9 Å². The molecule has 1 amide bonds. The lowest BCUT2D eigenvalue weighted by Gasteiger charge is -2.12. The van der Waals surface area contributed by atoms with Crippen LogP contribution in [0.2, 0.25) is 0 Å². The second-order valence-corrected chi connectivity index (χ2v) is 5.06. The number of alkyl halides is 2. The first-order valence-corrected chi connectivity index (χ1v) is 7.02. The molecule has 1 heterocycles. The van der Waals surface area contributed by atoms with Gasteiger partial charge >= 0.3 is 6.61 Å². The van der Waals surface area contributed by atoms with Crippen molar-refractivity contribution in [1.82, 2.24) is 4.98 Å². The van der Waals surface area contributed by atoms with E-state index >= 15 is 0 Å². The number of halogens is 3. The van der Waals surface area contributed by atoms with Crippen LogP contribution in [0.5, 0.6) is 5.75 Å². The molecular weight excluding hydrogens is 319 g/mol. The summed E-state index contributed by atoms with van der Waals surface area (Å²) < 4.78 is 41.9. The maximum absolute atomic E-state index is 13.1. The van der Waals surface area contributed by atoms with Crippen molar-refractivity contribution < 1.29 is 22.7 Å². The quantitative estimate of drug-likeness (QED) is 0.851. The van der Waals surface area contributed by atoms with Crippen LogP contribution in [0, 0.1) is 5.82 Å². The van der Waals surface area contributed by atoms with Crippen LogP contribution in [0.15, 0.2) is 23.6 Å². The van der Waals surface area contributed by atoms with Crippen molar-refractivity contribution in [3.05, 3.63) is 35.1 Å². The van der Waals surface area contributed by atoms with Crippen LogP contribution >= 0.6 is 11.3 Å². The molecule has 1 aromatic heterocycles. The summed E-state index contributed by atoms with van der Waals surface area (Å²) in [4.78, 5) is 15.0. The molecule has 0 aliphatic heterocycles. The fourth-order valence-electron chi connectivity index (χ4n) is 1.62. The Hall–Kier alpha value is -2.29. The molecule has 0 aliphatic carbocycles. The number of carbonyl (C=O) groups is 1. The predicted octanol–water partition coefficient (Wildman–Crippen LogP) is 3.45. The third-order valence-electron chi connectivity index (χ3n) is 2.45. The Morgan fingerprint density at radius 2 is 2.23 bits per heavy atom. The minimum Gasteiger partial charge on any atom is -0.433 e. The molecule has 5 nitrogen and oxygen atoms in total. The zero-order valence-electron chi connectivity index (χ0n) is 11.4. The first kappa shape index (κ1) is 16.1. The molecule has 0 radical (unpaired) electrons. The van der Waals surface area contributed by atoms with Crippen LogP contribution in [-0.4, -0.2) is 17.5 Å². The number of ether oxygens (including phenoxy) is 1. The van der Waals surface area contributed by atoms with Gasteiger partial charge in [0, 0.05) is 18.4 Å². The molecule has 9 heteroatoms. The number of nitrogens with one attached hydrogen (secondary N) is 2. The van der Waals surface area contributed by atoms with Gasteiger partial charge in [0.1, 0.15) is 5.82 Å². The molecule has 0 saturated carbocycles. The number of hydrogen-bond donors (Lipinski definition) is 2. The normalized spacial score (nSPS) is 10.6. The van der Waals surface area contributed by atoms with Crippen LogP contribution in [0.4, 0.5) is 24.0 Å². The summed E-state index contributed by atoms with van der Waals surface area (Å²) in [5, 5.41) is 7.51. The third-order valence-corrected chi connectivity index (χ3v) is 3.26. The molecule has 0 aliphatic rings. The van der Waals surface area contributed by atoms with Gasteiger partial charge in [-0.05, 0) is 12.1 Å². The molecule has 0 bridgehead atoms. The number of amides is 1. The second-order valence-electron chi connectivity index (χ2n) is 4.20. The van der Waals surface area contributed by atoms with E-state index in [0.29, 0.717) is 10.8 Å². The molecule has 22 heavy (non-hydrogen) atoms. The van der Waals surface area contributed by atoms with Crippen molar-refractivity contribution in [3.8, 4) is 5.75 Å². The zero-order chi connectivity index (χ0) is 16.1. The van der Waals surface area contributed by atoms with E-state index < -0.39 is 12.4 Å². The van der Waals surface area contributed by atoms with Gasteiger partial charge in [-0.25, -0.2) is 9.37 Å². The second kappa shape index (κ2) is 7.12. The highest BCUT2D eigenvalue weighted by Crippen LogP contribution is 2.27. The number of carbonyl (C=O) groups excluding carboxylic acids is 1. The maximum Gasteiger partial charge on any atom is 0.387 e. The first-order valence-electron chi connectivity index (χ1n) is 6.14. The minimum atomic E-state index is -3.05. The molecule has 0 fully saturated rings. The summed E-state index contributed by atoms with van der Waals surface area (Å²) in [7, 11) is 0. The number of benzene rings is 1. The predicted molar refractivity (Wildman–Crippen MR) is 76.8 cm³/mol. The Morgan fingerprint density at radius 1 is 1.45 bits per heavy atom. The molecular formula is C13H12F3N3O2S. The first-order chi connectivity index (χ1) is 10.4. The molecule has 0 spiro atoms. The molecule has 118 valence electrons. The van der Waals surface area contributed by atoms with Crippen molar-refractivity contribution in [2.24, 2.45) is 0 Å². The fourth-order valence-corrected chi connectivity index (χ4v) is 2.37. The van der Waals surface area contributed by atoms with Gasteiger partial charge in [0.2, 0.25) is 5.91 Å². The number of thiazole rings is 1. The van der Waals surface area contributed by atoms with Gasteiger partial charge in [0.25, 0.3) is 0 Å². The standard InChI is InChI=1S/C13H12F3N3O2S/c1-7(20)18-13-19-9(6-22-13)5-17-10-3-2-8(14)4-11(10)21-12(15)16/h2-4,6,12,17H,5H2,1H3,(H,18,19,20). The van der Waals surface area contributed by atoms with Crippen LogP contribution in [0.25, 0.3) is 0 Å². The lowest BCUT2D eigenvalue weighted by atomic mass is 10.2. The Morgan fingerprint density at radius 3 is 2.91 bits per heavy atom. The van der Waals surface area contributed by atoms with E-state index in [1.807, 2.05) is 0 Å². The fraction of sp³-hybridized carbons (Fsp3) is 0.231. The molecule has 2 aromatic rings. The number of hydrogen-bond acceptors (Lipinski definition) is 5. The van der Waals surface area contributed by atoms with Crippen molar-refractivity contribution >= 4 is 28.1 Å². The van der Waals surface area contributed by atoms with Crippen LogP contribution < -0.4 is 15.4 Å². The topological polar surface area (TPSA) is 63.2 Å². The van der Waals surface area contributed by atoms with Gasteiger partial charge in [-0.3, -0.25) is 4.79 Å². The van der Waals surface area contributed by atoms with E-state index in [2.05, 4.69) is 20.4 Å². The van der Waals surface area contributed by atoms with Crippen molar-refractivity contribution in [1.29, 1.82) is 0 Å². The highest BCUT2D eigenvalue weighted by molar-refractivity contribution is 7.13. The minimum absolute atomic E-state index is 0.210. The van der Waals surface area contributed by atoms with Crippen molar-refractivity contribution in [2.45, 2.75) is 20.1 Å². The summed E-state index contributed by atoms with van der Waals surface area (Å²) in [5.41, 5.74) is 0.817. The molecule has 0 unspecified atom stereocenters. The zero-order valence-corrected chi connectivity index (χ0v) is 12.2. The third kappa shape index (κ3) is 4.62. The Balaban J connectivity index is 2.04. The molecule has 2 rings (SSSR count). The SMILES string of the molecule is CC(=O)Nc1nc(CNc2ccc(F)cc2OC(F)F)cs1. The molecule has 1 aromatic carbocycles. The molecule has 0 atom stereocenters. The van der Waals surface area contributed by atoms with Gasteiger partial charge in [-0.2, -0.15) is 8.78 Å². The number of anilines is 2.